The number of hydrogen-bond donors (Lipinski definition) is 2. The van der Waals surface area contributed by atoms with Gasteiger partial charge in [0.1, 0.15) is 17.0 Å². The van der Waals surface area contributed by atoms with E-state index < -0.39 is 18.1 Å². The van der Waals surface area contributed by atoms with Crippen LogP contribution >= 0.6 is 0 Å². The Balaban J connectivity index is 1.51. The number of benzene rings is 2. The quantitative estimate of drug-likeness (QED) is 0.336. The summed E-state index contributed by atoms with van der Waals surface area (Å²) in [4.78, 5) is 27.7. The fraction of sp³-hybridized carbons (Fsp3) is 0.438. The molecule has 1 fully saturated rings. The van der Waals surface area contributed by atoms with Crippen molar-refractivity contribution in [1.82, 2.24) is 20.1 Å². The summed E-state index contributed by atoms with van der Waals surface area (Å²) in [6.07, 6.45) is -4.91. The molecule has 1 unspecified atom stereocenters. The number of aromatic nitrogens is 1. The molecule has 1 aromatic heterocycles. The van der Waals surface area contributed by atoms with E-state index >= 15 is 0 Å². The molecule has 236 valence electrons. The second-order valence-electron chi connectivity index (χ2n) is 11.9. The number of alkyl halides is 3. The number of amides is 2. The number of ether oxygens (including phenoxy) is 3. The Hall–Kier alpha value is -4.03. The van der Waals surface area contributed by atoms with Crippen molar-refractivity contribution in [1.29, 1.82) is 0 Å². The van der Waals surface area contributed by atoms with Crippen molar-refractivity contribution < 1.29 is 37.0 Å². The maximum Gasteiger partial charge on any atom is 0.573 e. The van der Waals surface area contributed by atoms with Gasteiger partial charge in [0, 0.05) is 38.3 Å². The second-order valence-corrected chi connectivity index (χ2v) is 11.9. The predicted molar refractivity (Wildman–Crippen MR) is 158 cm³/mol. The first-order valence-corrected chi connectivity index (χ1v) is 14.6. The fourth-order valence-electron chi connectivity index (χ4n) is 5.52. The molecule has 0 radical (unpaired) electrons. The molecular formula is C32H37F3N4O5. The number of fused-ring (bicyclic) bond motifs is 1. The van der Waals surface area contributed by atoms with Crippen LogP contribution in [-0.2, 0) is 16.0 Å². The average molecular weight is 615 g/mol. The molecule has 1 saturated heterocycles. The lowest BCUT2D eigenvalue weighted by Gasteiger charge is -2.29. The Morgan fingerprint density at radius 1 is 1.05 bits per heavy atom. The minimum atomic E-state index is -4.84. The molecule has 0 aliphatic carbocycles. The van der Waals surface area contributed by atoms with E-state index in [2.05, 4.69) is 20.3 Å². The van der Waals surface area contributed by atoms with Gasteiger partial charge in [0.05, 0.1) is 24.9 Å². The molecule has 1 atom stereocenters. The number of carbonyl (C=O) groups excluding carboxylic acids is 2. The molecule has 0 bridgehead atoms. The van der Waals surface area contributed by atoms with Crippen molar-refractivity contribution >= 4 is 12.0 Å². The number of alkyl carbamates (subject to hydrolysis) is 1. The molecule has 2 aliphatic heterocycles. The van der Waals surface area contributed by atoms with Gasteiger partial charge in [-0.25, -0.2) is 4.79 Å². The SMILES string of the molecule is CC(C)(C)OC(=O)NCCC1CNC(=O)c2cc(-c3cccc(OC(F)(F)F)c3)c(-c3ccc(CN4CCOCC4)cc3)n21. The Kier molecular flexibility index (Phi) is 9.21. The van der Waals surface area contributed by atoms with Crippen LogP contribution in [0.25, 0.3) is 22.4 Å². The summed E-state index contributed by atoms with van der Waals surface area (Å²) < 4.78 is 56.1. The van der Waals surface area contributed by atoms with E-state index in [1.165, 1.54) is 18.2 Å². The zero-order valence-electron chi connectivity index (χ0n) is 25.0. The van der Waals surface area contributed by atoms with E-state index in [-0.39, 0.29) is 24.2 Å². The minimum Gasteiger partial charge on any atom is -0.444 e. The van der Waals surface area contributed by atoms with Gasteiger partial charge in [-0.15, -0.1) is 13.2 Å². The first-order valence-electron chi connectivity index (χ1n) is 14.6. The molecule has 2 aromatic carbocycles. The number of carbonyl (C=O) groups is 2. The number of nitrogens with one attached hydrogen (secondary N) is 2. The molecule has 12 heteroatoms. The van der Waals surface area contributed by atoms with Crippen molar-refractivity contribution in [3.05, 3.63) is 65.9 Å². The molecule has 9 nitrogen and oxygen atoms in total. The fourth-order valence-corrected chi connectivity index (χ4v) is 5.52. The second kappa shape index (κ2) is 12.9. The van der Waals surface area contributed by atoms with Gasteiger partial charge in [0.15, 0.2) is 0 Å². The zero-order chi connectivity index (χ0) is 31.5. The topological polar surface area (TPSA) is 94.1 Å². The van der Waals surface area contributed by atoms with Gasteiger partial charge in [-0.3, -0.25) is 9.69 Å². The van der Waals surface area contributed by atoms with Gasteiger partial charge >= 0.3 is 12.5 Å². The van der Waals surface area contributed by atoms with E-state index in [4.69, 9.17) is 9.47 Å². The zero-order valence-corrected chi connectivity index (χ0v) is 25.0. The smallest absolute Gasteiger partial charge is 0.444 e. The minimum absolute atomic E-state index is 0.246. The van der Waals surface area contributed by atoms with E-state index in [0.717, 1.165) is 30.8 Å². The van der Waals surface area contributed by atoms with Crippen molar-refractivity contribution in [2.75, 3.05) is 39.4 Å². The molecule has 2 aliphatic rings. The normalized spacial score (nSPS) is 17.5. The van der Waals surface area contributed by atoms with Crippen LogP contribution < -0.4 is 15.4 Å². The van der Waals surface area contributed by atoms with E-state index in [0.29, 0.717) is 48.7 Å². The third kappa shape index (κ3) is 7.92. The lowest BCUT2D eigenvalue weighted by molar-refractivity contribution is -0.274. The van der Waals surface area contributed by atoms with Gasteiger partial charge in [-0.2, -0.15) is 0 Å². The van der Waals surface area contributed by atoms with Crippen LogP contribution in [0.5, 0.6) is 5.75 Å². The lowest BCUT2D eigenvalue weighted by atomic mass is 9.99. The number of hydrogen-bond acceptors (Lipinski definition) is 6. The standard InChI is InChI=1S/C32H37F3N4O5/c1-31(2,3)44-30(41)36-12-11-24-19-37-29(40)27-18-26(23-5-4-6-25(17-23)43-32(33,34)35)28(39(24)27)22-9-7-21(8-10-22)20-38-13-15-42-16-14-38/h4-10,17-18,24H,11-16,19-20H2,1-3H3,(H,36,41)(H,37,40). The molecule has 2 N–H and O–H groups in total. The van der Waals surface area contributed by atoms with Crippen LogP contribution in [0.2, 0.25) is 0 Å². The van der Waals surface area contributed by atoms with Gasteiger partial charge in [-0.05, 0) is 62.1 Å². The van der Waals surface area contributed by atoms with Crippen LogP contribution in [0.1, 0.15) is 49.3 Å². The van der Waals surface area contributed by atoms with E-state index in [9.17, 15) is 22.8 Å². The Labute approximate surface area is 254 Å². The van der Waals surface area contributed by atoms with Crippen molar-refractivity contribution in [3.8, 4) is 28.1 Å². The monoisotopic (exact) mass is 614 g/mol. The maximum absolute atomic E-state index is 13.1. The van der Waals surface area contributed by atoms with Crippen molar-refractivity contribution in [2.24, 2.45) is 0 Å². The number of halogens is 3. The molecular weight excluding hydrogens is 577 g/mol. The third-order valence-corrected chi connectivity index (χ3v) is 7.39. The predicted octanol–water partition coefficient (Wildman–Crippen LogP) is 5.75. The number of morpholine rings is 1. The summed E-state index contributed by atoms with van der Waals surface area (Å²) in [7, 11) is 0. The van der Waals surface area contributed by atoms with Gasteiger partial charge in [0.2, 0.25) is 0 Å². The number of rotatable bonds is 8. The van der Waals surface area contributed by atoms with Crippen LogP contribution in [-0.4, -0.2) is 72.8 Å². The highest BCUT2D eigenvalue weighted by atomic mass is 19.4. The van der Waals surface area contributed by atoms with Crippen LogP contribution in [0.15, 0.2) is 54.6 Å². The summed E-state index contributed by atoms with van der Waals surface area (Å²) >= 11 is 0. The lowest BCUT2D eigenvalue weighted by Crippen LogP contribution is -2.41. The summed E-state index contributed by atoms with van der Waals surface area (Å²) in [5, 5.41) is 5.69. The molecule has 44 heavy (non-hydrogen) atoms. The third-order valence-electron chi connectivity index (χ3n) is 7.39. The van der Waals surface area contributed by atoms with Gasteiger partial charge in [-0.1, -0.05) is 36.4 Å². The Morgan fingerprint density at radius 2 is 1.77 bits per heavy atom. The summed E-state index contributed by atoms with van der Waals surface area (Å²) in [5.74, 6) is -0.644. The molecule has 0 spiro atoms. The molecule has 3 aromatic rings. The molecule has 5 rings (SSSR count). The Bertz CT molecular complexity index is 1470. The van der Waals surface area contributed by atoms with E-state index in [1.54, 1.807) is 32.9 Å². The van der Waals surface area contributed by atoms with Crippen molar-refractivity contribution in [3.63, 3.8) is 0 Å². The molecule has 2 amide bonds. The van der Waals surface area contributed by atoms with E-state index in [1.807, 2.05) is 28.8 Å². The van der Waals surface area contributed by atoms with Gasteiger partial charge in [0.25, 0.3) is 5.91 Å². The summed E-state index contributed by atoms with van der Waals surface area (Å²) in [6.45, 7) is 9.80. The Morgan fingerprint density at radius 3 is 2.45 bits per heavy atom. The highest BCUT2D eigenvalue weighted by Gasteiger charge is 2.33. The summed E-state index contributed by atoms with van der Waals surface area (Å²) in [5.41, 5.74) is 3.41. The first-order chi connectivity index (χ1) is 20.9. The van der Waals surface area contributed by atoms with Crippen LogP contribution in [0.4, 0.5) is 18.0 Å². The van der Waals surface area contributed by atoms with Crippen molar-refractivity contribution in [2.45, 2.75) is 51.7 Å². The molecule has 3 heterocycles. The molecule has 0 saturated carbocycles. The summed E-state index contributed by atoms with van der Waals surface area (Å²) in [6, 6.07) is 15.2. The average Bonchev–Trinajstić information content (AvgIpc) is 3.35. The first kappa shape index (κ1) is 31.4. The van der Waals surface area contributed by atoms with Crippen LogP contribution in [0.3, 0.4) is 0 Å². The van der Waals surface area contributed by atoms with Crippen LogP contribution in [0, 0.1) is 0 Å². The highest BCUT2D eigenvalue weighted by molar-refractivity contribution is 5.98. The van der Waals surface area contributed by atoms with Gasteiger partial charge < -0.3 is 29.4 Å². The largest absolute Gasteiger partial charge is 0.573 e. The maximum atomic E-state index is 13.1. The number of nitrogens with zero attached hydrogens (tertiary/aromatic N) is 2. The highest BCUT2D eigenvalue weighted by Crippen LogP contribution is 2.40.